The van der Waals surface area contributed by atoms with Crippen molar-refractivity contribution in [1.29, 1.82) is 0 Å². The van der Waals surface area contributed by atoms with E-state index in [1.807, 2.05) is 18.2 Å². The van der Waals surface area contributed by atoms with E-state index in [4.69, 9.17) is 0 Å². The first kappa shape index (κ1) is 14.2. The Kier molecular flexibility index (Phi) is 4.31. The van der Waals surface area contributed by atoms with Gasteiger partial charge in [0.1, 0.15) is 5.82 Å². The third-order valence-corrected chi connectivity index (χ3v) is 4.23. The molecule has 5 nitrogen and oxygen atoms in total. The minimum Gasteiger partial charge on any atom is -0.393 e. The van der Waals surface area contributed by atoms with E-state index in [0.29, 0.717) is 23.7 Å². The number of aromatic nitrogens is 2. The number of hydrogen-bond donors (Lipinski definition) is 3. The maximum Gasteiger partial charge on any atom is 0.258 e. The molecular weight excluding hydrogens is 266 g/mol. The largest absolute Gasteiger partial charge is 0.393 e. The Labute approximate surface area is 123 Å². The van der Waals surface area contributed by atoms with Crippen molar-refractivity contribution < 1.29 is 5.11 Å². The van der Waals surface area contributed by atoms with Crippen LogP contribution < -0.4 is 10.9 Å². The van der Waals surface area contributed by atoms with Crippen molar-refractivity contribution in [2.75, 3.05) is 6.54 Å². The van der Waals surface area contributed by atoms with Gasteiger partial charge in [-0.05, 0) is 30.9 Å². The molecule has 1 heterocycles. The van der Waals surface area contributed by atoms with Gasteiger partial charge in [0.2, 0.25) is 0 Å². The van der Waals surface area contributed by atoms with Crippen LogP contribution in [0.25, 0.3) is 10.9 Å². The molecule has 0 amide bonds. The fraction of sp³-hybridized carbons (Fsp3) is 0.500. The lowest BCUT2D eigenvalue weighted by Crippen LogP contribution is -2.34. The molecule has 1 aliphatic carbocycles. The van der Waals surface area contributed by atoms with Gasteiger partial charge in [-0.25, -0.2) is 4.98 Å². The van der Waals surface area contributed by atoms with E-state index in [1.54, 1.807) is 6.07 Å². The van der Waals surface area contributed by atoms with Crippen LogP contribution in [0.5, 0.6) is 0 Å². The van der Waals surface area contributed by atoms with Gasteiger partial charge in [0.15, 0.2) is 0 Å². The third-order valence-electron chi connectivity index (χ3n) is 4.23. The first-order chi connectivity index (χ1) is 10.2. The van der Waals surface area contributed by atoms with Gasteiger partial charge in [-0.15, -0.1) is 0 Å². The van der Waals surface area contributed by atoms with Gasteiger partial charge < -0.3 is 15.4 Å². The Hall–Kier alpha value is -1.72. The molecule has 0 saturated heterocycles. The Morgan fingerprint density at radius 2 is 2.10 bits per heavy atom. The monoisotopic (exact) mass is 287 g/mol. The molecule has 0 aliphatic heterocycles. The van der Waals surface area contributed by atoms with Gasteiger partial charge >= 0.3 is 0 Å². The Morgan fingerprint density at radius 1 is 1.29 bits per heavy atom. The molecule has 5 heteroatoms. The lowest BCUT2D eigenvalue weighted by molar-refractivity contribution is 0.0694. The number of aliphatic hydroxyl groups is 1. The number of fused-ring (bicyclic) bond motifs is 1. The van der Waals surface area contributed by atoms with E-state index in [9.17, 15) is 9.90 Å². The molecule has 2 aromatic rings. The summed E-state index contributed by atoms with van der Waals surface area (Å²) in [7, 11) is 0. The van der Waals surface area contributed by atoms with Crippen LogP contribution in [0.3, 0.4) is 0 Å². The summed E-state index contributed by atoms with van der Waals surface area (Å²) in [4.78, 5) is 19.2. The molecule has 0 bridgehead atoms. The summed E-state index contributed by atoms with van der Waals surface area (Å²) in [6, 6.07) is 7.34. The first-order valence-corrected chi connectivity index (χ1v) is 7.61. The number of nitrogens with one attached hydrogen (secondary N) is 2. The molecule has 1 saturated carbocycles. The fourth-order valence-electron chi connectivity index (χ4n) is 3.02. The number of nitrogens with zero attached hydrogens (tertiary/aromatic N) is 1. The Balaban J connectivity index is 1.64. The molecule has 0 radical (unpaired) electrons. The van der Waals surface area contributed by atoms with Crippen LogP contribution in [0.4, 0.5) is 0 Å². The molecule has 21 heavy (non-hydrogen) atoms. The SMILES string of the molecule is O=c1[nH]c(CNCC2CCCCC2O)nc2ccccc12. The second-order valence-corrected chi connectivity index (χ2v) is 5.77. The summed E-state index contributed by atoms with van der Waals surface area (Å²) >= 11 is 0. The van der Waals surface area contributed by atoms with Gasteiger partial charge in [0.25, 0.3) is 5.56 Å². The van der Waals surface area contributed by atoms with Crippen molar-refractivity contribution in [3.05, 3.63) is 40.4 Å². The highest BCUT2D eigenvalue weighted by Crippen LogP contribution is 2.23. The highest BCUT2D eigenvalue weighted by Gasteiger charge is 2.22. The zero-order valence-corrected chi connectivity index (χ0v) is 12.0. The van der Waals surface area contributed by atoms with Crippen molar-refractivity contribution in [2.45, 2.75) is 38.3 Å². The summed E-state index contributed by atoms with van der Waals surface area (Å²) in [6.07, 6.45) is 4.08. The number of H-pyrrole nitrogens is 1. The van der Waals surface area contributed by atoms with Crippen LogP contribution >= 0.6 is 0 Å². The van der Waals surface area contributed by atoms with Crippen molar-refractivity contribution in [3.8, 4) is 0 Å². The van der Waals surface area contributed by atoms with Crippen LogP contribution in [0.15, 0.2) is 29.1 Å². The van der Waals surface area contributed by atoms with E-state index < -0.39 is 0 Å². The van der Waals surface area contributed by atoms with Crippen LogP contribution in [0.1, 0.15) is 31.5 Å². The van der Waals surface area contributed by atoms with E-state index in [-0.39, 0.29) is 11.7 Å². The number of para-hydroxylation sites is 1. The third kappa shape index (κ3) is 3.31. The van der Waals surface area contributed by atoms with Gasteiger partial charge in [-0.1, -0.05) is 25.0 Å². The smallest absolute Gasteiger partial charge is 0.258 e. The summed E-state index contributed by atoms with van der Waals surface area (Å²) < 4.78 is 0. The minimum absolute atomic E-state index is 0.102. The highest BCUT2D eigenvalue weighted by atomic mass is 16.3. The maximum absolute atomic E-state index is 12.0. The molecular formula is C16H21N3O2. The molecule has 3 rings (SSSR count). The van der Waals surface area contributed by atoms with Gasteiger partial charge in [0.05, 0.1) is 23.6 Å². The molecule has 1 fully saturated rings. The van der Waals surface area contributed by atoms with Gasteiger partial charge in [-0.2, -0.15) is 0 Å². The van der Waals surface area contributed by atoms with Crippen molar-refractivity contribution >= 4 is 10.9 Å². The first-order valence-electron chi connectivity index (χ1n) is 7.61. The zero-order chi connectivity index (χ0) is 14.7. The normalized spacial score (nSPS) is 22.5. The molecule has 0 spiro atoms. The van der Waals surface area contributed by atoms with Crippen molar-refractivity contribution in [2.24, 2.45) is 5.92 Å². The Bertz CT molecular complexity index is 668. The fourth-order valence-corrected chi connectivity index (χ4v) is 3.02. The van der Waals surface area contributed by atoms with E-state index in [0.717, 1.165) is 31.3 Å². The summed E-state index contributed by atoms with van der Waals surface area (Å²) in [6.45, 7) is 1.28. The van der Waals surface area contributed by atoms with Gasteiger partial charge in [-0.3, -0.25) is 4.79 Å². The quantitative estimate of drug-likeness (QED) is 0.797. The number of aromatic amines is 1. The van der Waals surface area contributed by atoms with Crippen LogP contribution in [0.2, 0.25) is 0 Å². The van der Waals surface area contributed by atoms with Crippen LogP contribution in [-0.4, -0.2) is 27.7 Å². The minimum atomic E-state index is -0.199. The maximum atomic E-state index is 12.0. The van der Waals surface area contributed by atoms with E-state index in [1.165, 1.54) is 6.42 Å². The van der Waals surface area contributed by atoms with Crippen molar-refractivity contribution in [1.82, 2.24) is 15.3 Å². The lowest BCUT2D eigenvalue weighted by Gasteiger charge is -2.27. The average molecular weight is 287 g/mol. The van der Waals surface area contributed by atoms with Crippen molar-refractivity contribution in [3.63, 3.8) is 0 Å². The Morgan fingerprint density at radius 3 is 2.95 bits per heavy atom. The molecule has 1 aromatic heterocycles. The highest BCUT2D eigenvalue weighted by molar-refractivity contribution is 5.77. The van der Waals surface area contributed by atoms with Gasteiger partial charge in [0, 0.05) is 6.54 Å². The number of rotatable bonds is 4. The number of hydrogen-bond acceptors (Lipinski definition) is 4. The molecule has 2 atom stereocenters. The average Bonchev–Trinajstić information content (AvgIpc) is 2.49. The predicted octanol–water partition coefficient (Wildman–Crippen LogP) is 1.56. The second-order valence-electron chi connectivity index (χ2n) is 5.77. The molecule has 3 N–H and O–H groups in total. The van der Waals surface area contributed by atoms with Crippen LogP contribution in [0, 0.1) is 5.92 Å². The predicted molar refractivity (Wildman–Crippen MR) is 82.0 cm³/mol. The molecule has 1 aromatic carbocycles. The topological polar surface area (TPSA) is 78.0 Å². The standard InChI is InChI=1S/C16H21N3O2/c20-14-8-4-1-5-11(14)9-17-10-15-18-13-7-3-2-6-12(13)16(21)19-15/h2-3,6-7,11,14,17,20H,1,4-5,8-10H2,(H,18,19,21). The molecule has 1 aliphatic rings. The zero-order valence-electron chi connectivity index (χ0n) is 12.0. The number of benzene rings is 1. The van der Waals surface area contributed by atoms with E-state index >= 15 is 0 Å². The summed E-state index contributed by atoms with van der Waals surface area (Å²) in [5.74, 6) is 0.954. The molecule has 2 unspecified atom stereocenters. The number of aliphatic hydroxyl groups excluding tert-OH is 1. The van der Waals surface area contributed by atoms with E-state index in [2.05, 4.69) is 15.3 Å². The second kappa shape index (κ2) is 6.37. The van der Waals surface area contributed by atoms with Crippen LogP contribution in [-0.2, 0) is 6.54 Å². The summed E-state index contributed by atoms with van der Waals surface area (Å²) in [5.41, 5.74) is 0.617. The molecule has 112 valence electrons. The summed E-state index contributed by atoms with van der Waals surface area (Å²) in [5, 5.41) is 13.9. The lowest BCUT2D eigenvalue weighted by atomic mass is 9.86.